The lowest BCUT2D eigenvalue weighted by Gasteiger charge is -2.37. The molecule has 0 amide bonds. The molecule has 1 N–H and O–H groups in total. The third-order valence-electron chi connectivity index (χ3n) is 5.72. The van der Waals surface area contributed by atoms with E-state index in [0.717, 1.165) is 12.8 Å². The molecule has 0 aromatic heterocycles. The van der Waals surface area contributed by atoms with Crippen LogP contribution in [0.25, 0.3) is 0 Å². The lowest BCUT2D eigenvalue weighted by Crippen LogP contribution is -2.60. The number of fused-ring (bicyclic) bond motifs is 3. The van der Waals surface area contributed by atoms with Crippen LogP contribution in [0.5, 0.6) is 0 Å². The van der Waals surface area contributed by atoms with E-state index in [1.807, 2.05) is 27.7 Å². The van der Waals surface area contributed by atoms with Gasteiger partial charge >= 0.3 is 0 Å². The van der Waals surface area contributed by atoms with Crippen LogP contribution in [0.1, 0.15) is 40.5 Å². The molecule has 0 aromatic carbocycles. The zero-order valence-corrected chi connectivity index (χ0v) is 14.7. The fourth-order valence-electron chi connectivity index (χ4n) is 5.09. The largest absolute Gasteiger partial charge is 0.488 e. The van der Waals surface area contributed by atoms with Gasteiger partial charge in [0.2, 0.25) is 11.5 Å². The zero-order chi connectivity index (χ0) is 17.3. The second-order valence-corrected chi connectivity index (χ2v) is 7.81. The van der Waals surface area contributed by atoms with Crippen molar-refractivity contribution >= 4 is 5.78 Å². The third-order valence-corrected chi connectivity index (χ3v) is 5.72. The smallest absolute Gasteiger partial charge is 0.238 e. The van der Waals surface area contributed by atoms with E-state index in [9.17, 15) is 9.90 Å². The Morgan fingerprint density at radius 3 is 2.50 bits per heavy atom. The Morgan fingerprint density at radius 2 is 1.83 bits per heavy atom. The van der Waals surface area contributed by atoms with Crippen molar-refractivity contribution in [3.8, 4) is 0 Å². The first kappa shape index (κ1) is 16.4. The minimum atomic E-state index is -1.75. The predicted molar refractivity (Wildman–Crippen MR) is 84.1 cm³/mol. The van der Waals surface area contributed by atoms with Gasteiger partial charge in [-0.1, -0.05) is 0 Å². The number of carbonyl (C=O) groups excluding carboxylic acids is 1. The third kappa shape index (κ3) is 1.74. The fourth-order valence-corrected chi connectivity index (χ4v) is 5.09. The van der Waals surface area contributed by atoms with Crippen molar-refractivity contribution in [2.24, 2.45) is 11.8 Å². The summed E-state index contributed by atoms with van der Waals surface area (Å²) < 4.78 is 23.8. The molecule has 0 radical (unpaired) electrons. The van der Waals surface area contributed by atoms with E-state index in [2.05, 4.69) is 0 Å². The maximum absolute atomic E-state index is 13.2. The molecule has 0 aromatic rings. The molecule has 1 spiro atoms. The number of ether oxygens (including phenoxy) is 4. The predicted octanol–water partition coefficient (Wildman–Crippen LogP) is 1.56. The van der Waals surface area contributed by atoms with Gasteiger partial charge in [0.25, 0.3) is 0 Å². The van der Waals surface area contributed by atoms with Crippen molar-refractivity contribution in [1.82, 2.24) is 0 Å². The van der Waals surface area contributed by atoms with Crippen LogP contribution in [0.4, 0.5) is 0 Å². The van der Waals surface area contributed by atoms with Gasteiger partial charge in [-0.3, -0.25) is 4.79 Å². The van der Waals surface area contributed by atoms with Gasteiger partial charge in [-0.2, -0.15) is 0 Å². The average Bonchev–Trinajstić information content (AvgIpc) is 3.19. The standard InChI is InChI=1S/C18H26O6/c1-9(2)23-13-14(19)17(20)15-11(5-7-21-15)12-6-8-22-18(12,17)16(13)24-10(3)4/h9-12,15,20H,5-8H2,1-4H3/t11-,12-,15+,17+,18+/m0/s1. The molecule has 1 saturated carbocycles. The van der Waals surface area contributed by atoms with Gasteiger partial charge in [-0.25, -0.2) is 0 Å². The first-order valence-corrected chi connectivity index (χ1v) is 8.94. The summed E-state index contributed by atoms with van der Waals surface area (Å²) in [6.45, 7) is 8.57. The number of hydrogen-bond donors (Lipinski definition) is 1. The molecule has 4 aliphatic rings. The summed E-state index contributed by atoms with van der Waals surface area (Å²) in [5, 5.41) is 11.6. The monoisotopic (exact) mass is 338 g/mol. The van der Waals surface area contributed by atoms with Gasteiger partial charge < -0.3 is 24.1 Å². The van der Waals surface area contributed by atoms with Crippen LogP contribution >= 0.6 is 0 Å². The number of Topliss-reactive ketones (excluding diaryl/α,β-unsaturated/α-hetero) is 1. The molecule has 0 bridgehead atoms. The molecule has 4 rings (SSSR count). The number of ketones is 1. The fraction of sp³-hybridized carbons (Fsp3) is 0.833. The van der Waals surface area contributed by atoms with Crippen LogP contribution < -0.4 is 0 Å². The van der Waals surface area contributed by atoms with Crippen molar-refractivity contribution in [2.75, 3.05) is 13.2 Å². The van der Waals surface area contributed by atoms with Crippen molar-refractivity contribution in [2.45, 2.75) is 70.1 Å². The average molecular weight is 338 g/mol. The highest BCUT2D eigenvalue weighted by Crippen LogP contribution is 2.65. The molecular weight excluding hydrogens is 312 g/mol. The molecule has 0 unspecified atom stereocenters. The first-order valence-electron chi connectivity index (χ1n) is 8.94. The highest BCUT2D eigenvalue weighted by molar-refractivity contribution is 6.07. The molecule has 2 heterocycles. The number of carbonyl (C=O) groups is 1. The quantitative estimate of drug-likeness (QED) is 0.838. The van der Waals surface area contributed by atoms with Crippen LogP contribution in [0.3, 0.4) is 0 Å². The Labute approximate surface area is 142 Å². The van der Waals surface area contributed by atoms with E-state index in [0.29, 0.717) is 19.0 Å². The first-order chi connectivity index (χ1) is 11.3. The minimum absolute atomic E-state index is 0.0148. The highest BCUT2D eigenvalue weighted by atomic mass is 16.6. The Bertz CT molecular complexity index is 596. The minimum Gasteiger partial charge on any atom is -0.488 e. The van der Waals surface area contributed by atoms with E-state index >= 15 is 0 Å². The van der Waals surface area contributed by atoms with Crippen LogP contribution in [-0.4, -0.2) is 53.6 Å². The van der Waals surface area contributed by atoms with E-state index in [-0.39, 0.29) is 29.8 Å². The molecule has 2 saturated heterocycles. The van der Waals surface area contributed by atoms with Gasteiger partial charge in [0.1, 0.15) is 6.10 Å². The normalized spacial score (nSPS) is 43.6. The second-order valence-electron chi connectivity index (χ2n) is 7.81. The van der Waals surface area contributed by atoms with Gasteiger partial charge in [-0.05, 0) is 46.5 Å². The number of rotatable bonds is 4. The molecular formula is C18H26O6. The molecule has 2 aliphatic carbocycles. The Balaban J connectivity index is 1.89. The maximum atomic E-state index is 13.2. The topological polar surface area (TPSA) is 74.2 Å². The van der Waals surface area contributed by atoms with Crippen LogP contribution in [0.15, 0.2) is 11.5 Å². The zero-order valence-electron chi connectivity index (χ0n) is 14.7. The molecule has 3 fully saturated rings. The lowest BCUT2D eigenvalue weighted by atomic mass is 9.80. The van der Waals surface area contributed by atoms with Crippen LogP contribution in [0, 0.1) is 11.8 Å². The van der Waals surface area contributed by atoms with E-state index < -0.39 is 23.1 Å². The van der Waals surface area contributed by atoms with Crippen molar-refractivity contribution in [1.29, 1.82) is 0 Å². The van der Waals surface area contributed by atoms with Gasteiger partial charge in [0.05, 0.1) is 12.2 Å². The van der Waals surface area contributed by atoms with E-state index in [1.54, 1.807) is 0 Å². The lowest BCUT2D eigenvalue weighted by molar-refractivity contribution is -0.185. The number of hydrogen-bond acceptors (Lipinski definition) is 6. The summed E-state index contributed by atoms with van der Waals surface area (Å²) in [7, 11) is 0. The van der Waals surface area contributed by atoms with Gasteiger partial charge in [0, 0.05) is 19.1 Å². The van der Waals surface area contributed by atoms with Crippen molar-refractivity contribution in [3.05, 3.63) is 11.5 Å². The maximum Gasteiger partial charge on any atom is 0.238 e. The highest BCUT2D eigenvalue weighted by Gasteiger charge is 2.82. The number of aliphatic hydroxyl groups is 1. The SMILES string of the molecule is CC(C)OC1=C(OC(C)C)[C@]23OCC[C@H]2[C@@H]2CCO[C@H]2[C@]3(O)C1=O. The Kier molecular flexibility index (Phi) is 3.54. The van der Waals surface area contributed by atoms with Gasteiger partial charge in [-0.15, -0.1) is 0 Å². The summed E-state index contributed by atoms with van der Waals surface area (Å²) >= 11 is 0. The summed E-state index contributed by atoms with van der Waals surface area (Å²) in [5.41, 5.74) is -2.90. The summed E-state index contributed by atoms with van der Waals surface area (Å²) in [5.74, 6) is 0.170. The Morgan fingerprint density at radius 1 is 1.12 bits per heavy atom. The summed E-state index contributed by atoms with van der Waals surface area (Å²) in [6, 6.07) is 0. The molecule has 5 atom stereocenters. The van der Waals surface area contributed by atoms with Crippen LogP contribution in [-0.2, 0) is 23.7 Å². The van der Waals surface area contributed by atoms with E-state index in [4.69, 9.17) is 18.9 Å². The summed E-state index contributed by atoms with van der Waals surface area (Å²) in [6.07, 6.45) is 0.732. The molecule has 134 valence electrons. The van der Waals surface area contributed by atoms with Gasteiger partial charge in [0.15, 0.2) is 17.0 Å². The van der Waals surface area contributed by atoms with E-state index in [1.165, 1.54) is 0 Å². The second kappa shape index (κ2) is 5.19. The van der Waals surface area contributed by atoms with Crippen LogP contribution in [0.2, 0.25) is 0 Å². The molecule has 24 heavy (non-hydrogen) atoms. The molecule has 6 nitrogen and oxygen atoms in total. The van der Waals surface area contributed by atoms with Crippen molar-refractivity contribution in [3.63, 3.8) is 0 Å². The van der Waals surface area contributed by atoms with Crippen molar-refractivity contribution < 1.29 is 28.8 Å². The molecule has 6 heteroatoms. The summed E-state index contributed by atoms with van der Waals surface area (Å²) in [4.78, 5) is 13.2. The molecule has 2 aliphatic heterocycles. The Hall–Kier alpha value is -1.11.